The lowest BCUT2D eigenvalue weighted by atomic mass is 10.2. The Morgan fingerprint density at radius 1 is 1.67 bits per heavy atom. The molecular formula is C8H6F. The van der Waals surface area contributed by atoms with E-state index >= 15 is 0 Å². The minimum Gasteiger partial charge on any atom is -0.206 e. The Morgan fingerprint density at radius 2 is 2.44 bits per heavy atom. The van der Waals surface area contributed by atoms with Crippen LogP contribution in [0.5, 0.6) is 0 Å². The van der Waals surface area contributed by atoms with Crippen LogP contribution in [0.2, 0.25) is 0 Å². The molecule has 0 unspecified atom stereocenters. The molecule has 0 aliphatic rings. The predicted molar refractivity (Wildman–Crippen MR) is 35.3 cm³/mol. The number of hydrogen-bond donors (Lipinski definition) is 0. The minimum absolute atomic E-state index is 0.247. The number of halogens is 1. The van der Waals surface area contributed by atoms with Gasteiger partial charge in [-0.15, -0.1) is 0 Å². The van der Waals surface area contributed by atoms with E-state index in [1.54, 1.807) is 6.07 Å². The van der Waals surface area contributed by atoms with E-state index < -0.39 is 0 Å². The fraction of sp³-hybridized carbons (Fsp3) is 0. The fourth-order valence-corrected chi connectivity index (χ4v) is 0.581. The van der Waals surface area contributed by atoms with Crippen LogP contribution in [0.15, 0.2) is 24.8 Å². The molecule has 0 bridgehead atoms. The Morgan fingerprint density at radius 3 is 2.89 bits per heavy atom. The number of rotatable bonds is 1. The van der Waals surface area contributed by atoms with Gasteiger partial charge in [-0.2, -0.15) is 0 Å². The van der Waals surface area contributed by atoms with E-state index in [4.69, 9.17) is 0 Å². The molecule has 0 aliphatic carbocycles. The molecule has 45 valence electrons. The number of hydrogen-bond acceptors (Lipinski definition) is 0. The van der Waals surface area contributed by atoms with Crippen molar-refractivity contribution >= 4 is 6.08 Å². The maximum Gasteiger partial charge on any atom is 0.130 e. The Hall–Kier alpha value is -1.11. The molecule has 0 spiro atoms. The van der Waals surface area contributed by atoms with E-state index in [1.807, 2.05) is 0 Å². The lowest BCUT2D eigenvalue weighted by molar-refractivity contribution is 0.625. The first-order valence-electron chi connectivity index (χ1n) is 2.62. The molecule has 0 heterocycles. The topological polar surface area (TPSA) is 0 Å². The minimum atomic E-state index is -0.247. The molecule has 0 saturated carbocycles. The van der Waals surface area contributed by atoms with E-state index in [-0.39, 0.29) is 5.82 Å². The van der Waals surface area contributed by atoms with Crippen LogP contribution in [0.3, 0.4) is 0 Å². The second-order valence-electron chi connectivity index (χ2n) is 1.65. The lowest BCUT2D eigenvalue weighted by Gasteiger charge is -1.90. The summed E-state index contributed by atoms with van der Waals surface area (Å²) in [5.41, 5.74) is 0.498. The van der Waals surface area contributed by atoms with Gasteiger partial charge >= 0.3 is 0 Å². The van der Waals surface area contributed by atoms with Crippen LogP contribution >= 0.6 is 0 Å². The third-order valence-corrected chi connectivity index (χ3v) is 1.06. The average Bonchev–Trinajstić information content (AvgIpc) is 1.89. The van der Waals surface area contributed by atoms with Gasteiger partial charge in [0.2, 0.25) is 0 Å². The second kappa shape index (κ2) is 2.44. The van der Waals surface area contributed by atoms with E-state index in [2.05, 4.69) is 12.6 Å². The Bertz CT molecular complexity index is 216. The molecule has 9 heavy (non-hydrogen) atoms. The summed E-state index contributed by atoms with van der Waals surface area (Å²) in [6.45, 7) is 3.43. The van der Waals surface area contributed by atoms with Crippen LogP contribution in [-0.2, 0) is 0 Å². The molecule has 0 aromatic heterocycles. The lowest BCUT2D eigenvalue weighted by Crippen LogP contribution is -1.77. The van der Waals surface area contributed by atoms with Crippen molar-refractivity contribution in [2.75, 3.05) is 0 Å². The van der Waals surface area contributed by atoms with Crippen molar-refractivity contribution in [2.24, 2.45) is 0 Å². The van der Waals surface area contributed by atoms with E-state index in [0.717, 1.165) is 0 Å². The van der Waals surface area contributed by atoms with Crippen LogP contribution in [0.4, 0.5) is 4.39 Å². The van der Waals surface area contributed by atoms with Gasteiger partial charge in [0.1, 0.15) is 5.82 Å². The van der Waals surface area contributed by atoms with Gasteiger partial charge < -0.3 is 0 Å². The molecule has 0 nitrogen and oxygen atoms in total. The summed E-state index contributed by atoms with van der Waals surface area (Å²) in [4.78, 5) is 0. The average molecular weight is 121 g/mol. The molecule has 1 aromatic rings. The van der Waals surface area contributed by atoms with Crippen LogP contribution in [0.1, 0.15) is 5.56 Å². The van der Waals surface area contributed by atoms with Crippen LogP contribution < -0.4 is 0 Å². The molecule has 0 amide bonds. The third kappa shape index (κ3) is 1.17. The van der Waals surface area contributed by atoms with Crippen molar-refractivity contribution in [3.05, 3.63) is 42.2 Å². The largest absolute Gasteiger partial charge is 0.206 e. The summed E-state index contributed by atoms with van der Waals surface area (Å²) in [5.74, 6) is -0.247. The van der Waals surface area contributed by atoms with Gasteiger partial charge in [0.05, 0.1) is 0 Å². The summed E-state index contributed by atoms with van der Waals surface area (Å²) in [5, 5.41) is 0. The maximum absolute atomic E-state index is 12.5. The summed E-state index contributed by atoms with van der Waals surface area (Å²) in [6.07, 6.45) is 1.46. The highest BCUT2D eigenvalue weighted by atomic mass is 19.1. The smallest absolute Gasteiger partial charge is 0.130 e. The molecule has 0 fully saturated rings. The SMILES string of the molecule is C=Cc1c[c]ccc1F. The van der Waals surface area contributed by atoms with Crippen molar-refractivity contribution in [3.63, 3.8) is 0 Å². The quantitative estimate of drug-likeness (QED) is 0.534. The summed E-state index contributed by atoms with van der Waals surface area (Å²) < 4.78 is 12.5. The van der Waals surface area contributed by atoms with Crippen molar-refractivity contribution in [1.29, 1.82) is 0 Å². The van der Waals surface area contributed by atoms with E-state index in [9.17, 15) is 4.39 Å². The first-order valence-corrected chi connectivity index (χ1v) is 2.62. The summed E-state index contributed by atoms with van der Waals surface area (Å²) >= 11 is 0. The zero-order chi connectivity index (χ0) is 6.69. The van der Waals surface area contributed by atoms with Crippen LogP contribution in [-0.4, -0.2) is 0 Å². The zero-order valence-electron chi connectivity index (χ0n) is 4.89. The third-order valence-electron chi connectivity index (χ3n) is 1.06. The molecule has 1 rings (SSSR count). The molecule has 1 heteroatoms. The van der Waals surface area contributed by atoms with Crippen molar-refractivity contribution in [1.82, 2.24) is 0 Å². The van der Waals surface area contributed by atoms with Crippen LogP contribution in [0, 0.1) is 11.9 Å². The molecule has 0 saturated heterocycles. The normalized spacial score (nSPS) is 9.00. The second-order valence-corrected chi connectivity index (χ2v) is 1.65. The van der Waals surface area contributed by atoms with E-state index in [0.29, 0.717) is 5.56 Å². The predicted octanol–water partition coefficient (Wildman–Crippen LogP) is 2.27. The van der Waals surface area contributed by atoms with Gasteiger partial charge in [-0.05, 0) is 18.2 Å². The summed E-state index contributed by atoms with van der Waals surface area (Å²) in [7, 11) is 0. The zero-order valence-corrected chi connectivity index (χ0v) is 4.89. The molecule has 1 aromatic carbocycles. The van der Waals surface area contributed by atoms with Crippen molar-refractivity contribution < 1.29 is 4.39 Å². The van der Waals surface area contributed by atoms with Gasteiger partial charge in [-0.1, -0.05) is 18.7 Å². The first-order chi connectivity index (χ1) is 4.34. The highest BCUT2D eigenvalue weighted by molar-refractivity contribution is 5.46. The van der Waals surface area contributed by atoms with Crippen molar-refractivity contribution in [2.45, 2.75) is 0 Å². The molecule has 0 aliphatic heterocycles. The fourth-order valence-electron chi connectivity index (χ4n) is 0.581. The highest BCUT2D eigenvalue weighted by Crippen LogP contribution is 2.05. The Kier molecular flexibility index (Phi) is 1.63. The van der Waals surface area contributed by atoms with Gasteiger partial charge in [0.15, 0.2) is 0 Å². The molecule has 0 N–H and O–H groups in total. The van der Waals surface area contributed by atoms with Gasteiger partial charge in [-0.3, -0.25) is 0 Å². The molecule has 1 radical (unpaired) electrons. The Balaban J connectivity index is 3.15. The van der Waals surface area contributed by atoms with Crippen LogP contribution in [0.25, 0.3) is 6.08 Å². The standard InChI is InChI=1S/C8H6F/c1-2-7-5-3-4-6-8(7)9/h2,4-6H,1H2. The summed E-state index contributed by atoms with van der Waals surface area (Å²) in [6, 6.07) is 7.19. The molecule has 0 atom stereocenters. The van der Waals surface area contributed by atoms with E-state index in [1.165, 1.54) is 18.2 Å². The van der Waals surface area contributed by atoms with Gasteiger partial charge in [-0.25, -0.2) is 4.39 Å². The monoisotopic (exact) mass is 121 g/mol. The van der Waals surface area contributed by atoms with Gasteiger partial charge in [0.25, 0.3) is 0 Å². The number of benzene rings is 1. The Labute approximate surface area is 53.6 Å². The van der Waals surface area contributed by atoms with Crippen molar-refractivity contribution in [3.8, 4) is 0 Å². The highest BCUT2D eigenvalue weighted by Gasteiger charge is 1.91. The molecular weight excluding hydrogens is 115 g/mol. The first kappa shape index (κ1) is 6.02. The van der Waals surface area contributed by atoms with Gasteiger partial charge in [0, 0.05) is 5.56 Å². The maximum atomic E-state index is 12.5.